The Balaban J connectivity index is 1.49. The predicted molar refractivity (Wildman–Crippen MR) is 128 cm³/mol. The number of alkyl halides is 1. The fourth-order valence-corrected chi connectivity index (χ4v) is 4.37. The van der Waals surface area contributed by atoms with Crippen molar-refractivity contribution in [2.45, 2.75) is 76.8 Å². The summed E-state index contributed by atoms with van der Waals surface area (Å²) in [5.41, 5.74) is 0.364. The molecule has 35 heavy (non-hydrogen) atoms. The third kappa shape index (κ3) is 4.54. The summed E-state index contributed by atoms with van der Waals surface area (Å²) < 4.78 is 28.3. The van der Waals surface area contributed by atoms with E-state index in [9.17, 15) is 14.0 Å². The van der Waals surface area contributed by atoms with Gasteiger partial charge in [0.25, 0.3) is 11.5 Å². The van der Waals surface area contributed by atoms with Gasteiger partial charge < -0.3 is 19.4 Å². The standard InChI is InChI=1S/C25H30FN5O4/c1-14(2)35-22-16(21(32)27-18-6-5-9-31(23(18)33)19-10-17(19)26)11-30-12-20(28-24(30)29-22)25(4)8-7-15(3)34-13-25/h5-6,9,11-12,14-15,17,19H,7-8,10,13H2,1-4H3,(H,27,32)/t15?,17-,19+,25-/m0/s1. The molecule has 0 aromatic carbocycles. The van der Waals surface area contributed by atoms with E-state index in [-0.39, 0.29) is 34.8 Å². The van der Waals surface area contributed by atoms with E-state index in [1.54, 1.807) is 16.7 Å². The van der Waals surface area contributed by atoms with Gasteiger partial charge >= 0.3 is 0 Å². The molecule has 4 atom stereocenters. The van der Waals surface area contributed by atoms with Crippen LogP contribution in [0.25, 0.3) is 5.78 Å². The summed E-state index contributed by atoms with van der Waals surface area (Å²) in [5, 5.41) is 2.66. The van der Waals surface area contributed by atoms with Gasteiger partial charge in [-0.2, -0.15) is 4.98 Å². The average molecular weight is 484 g/mol. The van der Waals surface area contributed by atoms with Crippen LogP contribution >= 0.6 is 0 Å². The molecule has 4 heterocycles. The van der Waals surface area contributed by atoms with Crippen LogP contribution < -0.4 is 15.6 Å². The van der Waals surface area contributed by atoms with Crippen molar-refractivity contribution < 1.29 is 18.7 Å². The van der Waals surface area contributed by atoms with E-state index >= 15 is 0 Å². The highest BCUT2D eigenvalue weighted by atomic mass is 19.1. The van der Waals surface area contributed by atoms with Gasteiger partial charge in [-0.25, -0.2) is 9.37 Å². The Kier molecular flexibility index (Phi) is 5.86. The molecule has 0 spiro atoms. The molecule has 1 amide bonds. The van der Waals surface area contributed by atoms with Gasteiger partial charge in [0.2, 0.25) is 11.7 Å². The number of carbonyl (C=O) groups excluding carboxylic acids is 1. The van der Waals surface area contributed by atoms with E-state index in [0.717, 1.165) is 18.5 Å². The Morgan fingerprint density at radius 3 is 2.77 bits per heavy atom. The highest BCUT2D eigenvalue weighted by Gasteiger charge is 2.40. The van der Waals surface area contributed by atoms with Crippen molar-refractivity contribution in [3.8, 4) is 5.88 Å². The van der Waals surface area contributed by atoms with Gasteiger partial charge in [0, 0.05) is 30.4 Å². The van der Waals surface area contributed by atoms with E-state index in [0.29, 0.717) is 18.8 Å². The van der Waals surface area contributed by atoms with E-state index in [1.165, 1.54) is 16.8 Å². The van der Waals surface area contributed by atoms with Crippen molar-refractivity contribution in [2.24, 2.45) is 0 Å². The zero-order valence-corrected chi connectivity index (χ0v) is 20.3. The predicted octanol–water partition coefficient (Wildman–Crippen LogP) is 3.67. The second kappa shape index (κ2) is 8.75. The number of amides is 1. The van der Waals surface area contributed by atoms with E-state index in [4.69, 9.17) is 14.5 Å². The maximum absolute atomic E-state index is 13.5. The van der Waals surface area contributed by atoms with Crippen LogP contribution in [-0.4, -0.2) is 49.8 Å². The monoisotopic (exact) mass is 483 g/mol. The Bertz CT molecular complexity index is 1330. The molecular formula is C25H30FN5O4. The van der Waals surface area contributed by atoms with Crippen molar-refractivity contribution >= 4 is 17.4 Å². The first kappa shape index (κ1) is 23.5. The normalized spacial score (nSPS) is 26.2. The Morgan fingerprint density at radius 2 is 2.11 bits per heavy atom. The quantitative estimate of drug-likeness (QED) is 0.574. The molecule has 5 rings (SSSR count). The van der Waals surface area contributed by atoms with Crippen LogP contribution in [0, 0.1) is 0 Å². The number of carbonyl (C=O) groups is 1. The molecule has 1 saturated heterocycles. The molecule has 1 aliphatic carbocycles. The van der Waals surface area contributed by atoms with Crippen LogP contribution in [0.2, 0.25) is 0 Å². The maximum atomic E-state index is 13.5. The molecule has 1 aliphatic heterocycles. The van der Waals surface area contributed by atoms with E-state index < -0.39 is 23.7 Å². The number of rotatable bonds is 6. The number of imidazole rings is 1. The Hall–Kier alpha value is -3.27. The molecular weight excluding hydrogens is 453 g/mol. The zero-order chi connectivity index (χ0) is 24.9. The largest absolute Gasteiger partial charge is 0.474 e. The second-order valence-electron chi connectivity index (χ2n) is 10.1. The first-order chi connectivity index (χ1) is 16.6. The number of anilines is 1. The third-order valence-corrected chi connectivity index (χ3v) is 6.67. The highest BCUT2D eigenvalue weighted by Crippen LogP contribution is 2.38. The number of fused-ring (bicyclic) bond motifs is 1. The molecule has 10 heteroatoms. The van der Waals surface area contributed by atoms with Crippen molar-refractivity contribution in [1.82, 2.24) is 18.9 Å². The summed E-state index contributed by atoms with van der Waals surface area (Å²) in [4.78, 5) is 35.3. The molecule has 3 aromatic rings. The van der Waals surface area contributed by atoms with Crippen molar-refractivity contribution in [2.75, 3.05) is 11.9 Å². The lowest BCUT2D eigenvalue weighted by Crippen LogP contribution is -2.36. The Labute approximate surface area is 202 Å². The van der Waals surface area contributed by atoms with Gasteiger partial charge in [-0.1, -0.05) is 6.92 Å². The first-order valence-electron chi connectivity index (χ1n) is 12.0. The smallest absolute Gasteiger partial charge is 0.274 e. The number of nitrogens with one attached hydrogen (secondary N) is 1. The van der Waals surface area contributed by atoms with Gasteiger partial charge in [-0.3, -0.25) is 14.0 Å². The minimum absolute atomic E-state index is 0.0690. The number of halogens is 1. The molecule has 9 nitrogen and oxygen atoms in total. The van der Waals surface area contributed by atoms with E-state index in [1.807, 2.05) is 20.0 Å². The molecule has 1 unspecified atom stereocenters. The molecule has 1 N–H and O–H groups in total. The van der Waals surface area contributed by atoms with Crippen molar-refractivity contribution in [3.63, 3.8) is 0 Å². The Morgan fingerprint density at radius 1 is 1.34 bits per heavy atom. The van der Waals surface area contributed by atoms with Crippen LogP contribution in [-0.2, 0) is 10.2 Å². The summed E-state index contributed by atoms with van der Waals surface area (Å²) in [6.07, 6.45) is 6.13. The average Bonchev–Trinajstić information content (AvgIpc) is 3.37. The third-order valence-electron chi connectivity index (χ3n) is 6.67. The van der Waals surface area contributed by atoms with Crippen LogP contribution in [0.15, 0.2) is 35.5 Å². The van der Waals surface area contributed by atoms with Crippen LogP contribution in [0.4, 0.5) is 10.1 Å². The summed E-state index contributed by atoms with van der Waals surface area (Å²) in [5.74, 6) is -0.00583. The topological polar surface area (TPSA) is 99.8 Å². The van der Waals surface area contributed by atoms with Crippen LogP contribution in [0.3, 0.4) is 0 Å². The van der Waals surface area contributed by atoms with Gasteiger partial charge in [-0.15, -0.1) is 0 Å². The summed E-state index contributed by atoms with van der Waals surface area (Å²) >= 11 is 0. The van der Waals surface area contributed by atoms with E-state index in [2.05, 4.69) is 24.1 Å². The number of ether oxygens (including phenoxy) is 2. The number of nitrogens with zero attached hydrogens (tertiary/aromatic N) is 4. The minimum Gasteiger partial charge on any atom is -0.474 e. The maximum Gasteiger partial charge on any atom is 0.274 e. The lowest BCUT2D eigenvalue weighted by molar-refractivity contribution is -0.0162. The number of pyridine rings is 1. The molecule has 2 aliphatic rings. The lowest BCUT2D eigenvalue weighted by Gasteiger charge is -2.34. The van der Waals surface area contributed by atoms with Crippen molar-refractivity contribution in [3.05, 3.63) is 52.3 Å². The molecule has 186 valence electrons. The SMILES string of the molecule is CC(C)Oc1nc2nc([C@@]3(C)CCC(C)OC3)cn2cc1C(=O)Nc1cccn([C@@H]2C[C@@H]2F)c1=O. The van der Waals surface area contributed by atoms with Gasteiger partial charge in [0.15, 0.2) is 0 Å². The number of aromatic nitrogens is 4. The highest BCUT2D eigenvalue weighted by molar-refractivity contribution is 6.05. The molecule has 0 bridgehead atoms. The first-order valence-corrected chi connectivity index (χ1v) is 12.0. The van der Waals surface area contributed by atoms with Crippen molar-refractivity contribution in [1.29, 1.82) is 0 Å². The van der Waals surface area contributed by atoms with Gasteiger partial charge in [-0.05, 0) is 45.7 Å². The fourth-order valence-electron chi connectivity index (χ4n) is 4.37. The van der Waals surface area contributed by atoms with Gasteiger partial charge in [0.1, 0.15) is 17.4 Å². The molecule has 2 fully saturated rings. The van der Waals surface area contributed by atoms with Crippen LogP contribution in [0.5, 0.6) is 5.88 Å². The zero-order valence-electron chi connectivity index (χ0n) is 20.3. The lowest BCUT2D eigenvalue weighted by atomic mass is 9.81. The molecule has 3 aromatic heterocycles. The number of hydrogen-bond acceptors (Lipinski definition) is 6. The second-order valence-corrected chi connectivity index (χ2v) is 10.1. The number of hydrogen-bond donors (Lipinski definition) is 1. The summed E-state index contributed by atoms with van der Waals surface area (Å²) in [6, 6.07) is 2.64. The van der Waals surface area contributed by atoms with Gasteiger partial charge in [0.05, 0.1) is 30.6 Å². The summed E-state index contributed by atoms with van der Waals surface area (Å²) in [6.45, 7) is 8.41. The minimum atomic E-state index is -1.04. The molecule has 1 saturated carbocycles. The summed E-state index contributed by atoms with van der Waals surface area (Å²) in [7, 11) is 0. The fraction of sp³-hybridized carbons (Fsp3) is 0.520. The van der Waals surface area contributed by atoms with Crippen LogP contribution in [0.1, 0.15) is 69.1 Å². The molecule has 0 radical (unpaired) electrons.